The van der Waals surface area contributed by atoms with E-state index in [-0.39, 0.29) is 16.4 Å². The van der Waals surface area contributed by atoms with Gasteiger partial charge in [-0.05, 0) is 30.3 Å². The highest BCUT2D eigenvalue weighted by molar-refractivity contribution is 7.96. The molecule has 9 heteroatoms. The van der Waals surface area contributed by atoms with E-state index in [0.29, 0.717) is 31.2 Å². The first-order chi connectivity index (χ1) is 13.8. The lowest BCUT2D eigenvalue weighted by atomic mass is 10.1. The largest absolute Gasteiger partial charge is 0.369 e. The fourth-order valence-corrected chi connectivity index (χ4v) is 9.24. The third-order valence-corrected chi connectivity index (χ3v) is 10.1. The Morgan fingerprint density at radius 3 is 2.24 bits per heavy atom. The van der Waals surface area contributed by atoms with Crippen molar-refractivity contribution in [1.82, 2.24) is 4.90 Å². The summed E-state index contributed by atoms with van der Waals surface area (Å²) in [5.41, 5.74) is 1.02. The van der Waals surface area contributed by atoms with Crippen LogP contribution in [0.2, 0.25) is 5.02 Å². The molecule has 2 saturated heterocycles. The molecule has 2 atom stereocenters. The van der Waals surface area contributed by atoms with Gasteiger partial charge in [0.05, 0.1) is 21.7 Å². The molecule has 2 heterocycles. The van der Waals surface area contributed by atoms with Crippen LogP contribution in [0.3, 0.4) is 0 Å². The van der Waals surface area contributed by atoms with Crippen LogP contribution in [-0.4, -0.2) is 70.7 Å². The monoisotopic (exact) mass is 454 g/mol. The Balaban J connectivity index is 1.54. The van der Waals surface area contributed by atoms with Gasteiger partial charge in [-0.15, -0.1) is 0 Å². The van der Waals surface area contributed by atoms with Crippen LogP contribution in [0.25, 0.3) is 0 Å². The predicted molar refractivity (Wildman–Crippen MR) is 115 cm³/mol. The van der Waals surface area contributed by atoms with Crippen molar-refractivity contribution < 1.29 is 16.8 Å². The van der Waals surface area contributed by atoms with E-state index in [1.54, 1.807) is 18.2 Å². The van der Waals surface area contributed by atoms with E-state index in [4.69, 9.17) is 11.6 Å². The molecule has 0 aliphatic carbocycles. The van der Waals surface area contributed by atoms with Crippen molar-refractivity contribution in [3.63, 3.8) is 0 Å². The van der Waals surface area contributed by atoms with Gasteiger partial charge in [-0.25, -0.2) is 16.8 Å². The van der Waals surface area contributed by atoms with Crippen LogP contribution in [0.4, 0.5) is 5.69 Å². The van der Waals surface area contributed by atoms with Gasteiger partial charge in [0.1, 0.15) is 0 Å². The number of benzene rings is 2. The fraction of sp³-hybridized carbons (Fsp3) is 0.400. The van der Waals surface area contributed by atoms with E-state index in [2.05, 4.69) is 4.90 Å². The van der Waals surface area contributed by atoms with Crippen molar-refractivity contribution in [2.75, 3.05) is 42.6 Å². The summed E-state index contributed by atoms with van der Waals surface area (Å²) in [4.78, 5) is 4.40. The van der Waals surface area contributed by atoms with Crippen molar-refractivity contribution >= 4 is 37.0 Å². The molecule has 0 spiro atoms. The number of nitrogens with zero attached hydrogens (tertiary/aromatic N) is 2. The number of halogens is 1. The number of sulfone groups is 2. The molecule has 0 bridgehead atoms. The van der Waals surface area contributed by atoms with E-state index >= 15 is 0 Å². The zero-order valence-electron chi connectivity index (χ0n) is 15.8. The van der Waals surface area contributed by atoms with Gasteiger partial charge in [0, 0.05) is 42.9 Å². The normalized spacial score (nSPS) is 25.2. The molecule has 0 unspecified atom stereocenters. The van der Waals surface area contributed by atoms with Crippen LogP contribution in [0.5, 0.6) is 0 Å². The average Bonchev–Trinajstić information content (AvgIpc) is 3.05. The molecule has 0 N–H and O–H groups in total. The van der Waals surface area contributed by atoms with Gasteiger partial charge in [0.2, 0.25) is 0 Å². The Labute approximate surface area is 176 Å². The second-order valence-electron chi connectivity index (χ2n) is 7.54. The smallest absolute Gasteiger partial charge is 0.183 e. The Bertz CT molecular complexity index is 1080. The summed E-state index contributed by atoms with van der Waals surface area (Å²) in [5, 5.41) is -0.270. The summed E-state index contributed by atoms with van der Waals surface area (Å²) in [5.74, 6) is -0.426. The van der Waals surface area contributed by atoms with Gasteiger partial charge >= 0.3 is 0 Å². The van der Waals surface area contributed by atoms with E-state index in [1.807, 2.05) is 29.2 Å². The summed E-state index contributed by atoms with van der Waals surface area (Å²) in [6.07, 6.45) is 0. The maximum Gasteiger partial charge on any atom is 0.183 e. The summed E-state index contributed by atoms with van der Waals surface area (Å²) in [6.45, 7) is 2.59. The minimum absolute atomic E-state index is 0.110. The lowest BCUT2D eigenvalue weighted by Crippen LogP contribution is -2.55. The van der Waals surface area contributed by atoms with Crippen LogP contribution in [-0.2, 0) is 19.7 Å². The van der Waals surface area contributed by atoms with Crippen LogP contribution >= 0.6 is 11.6 Å². The molecule has 2 aromatic carbocycles. The highest BCUT2D eigenvalue weighted by Gasteiger charge is 2.48. The number of hydrogen-bond donors (Lipinski definition) is 0. The lowest BCUT2D eigenvalue weighted by molar-refractivity contribution is 0.201. The molecule has 0 amide bonds. The zero-order valence-corrected chi connectivity index (χ0v) is 18.2. The van der Waals surface area contributed by atoms with Crippen LogP contribution in [0, 0.1) is 0 Å². The summed E-state index contributed by atoms with van der Waals surface area (Å²) in [6, 6.07) is 15.2. The molecule has 2 aliphatic rings. The van der Waals surface area contributed by atoms with E-state index in [0.717, 1.165) is 5.69 Å². The quantitative estimate of drug-likeness (QED) is 0.704. The van der Waals surface area contributed by atoms with Gasteiger partial charge in [-0.3, -0.25) is 4.90 Å². The van der Waals surface area contributed by atoms with Crippen molar-refractivity contribution in [1.29, 1.82) is 0 Å². The van der Waals surface area contributed by atoms with Crippen molar-refractivity contribution in [2.24, 2.45) is 0 Å². The highest BCUT2D eigenvalue weighted by Crippen LogP contribution is 2.30. The Kier molecular flexibility index (Phi) is 5.63. The molecule has 0 aromatic heterocycles. The minimum atomic E-state index is -3.73. The number of hydrogen-bond acceptors (Lipinski definition) is 6. The Morgan fingerprint density at radius 1 is 0.897 bits per heavy atom. The molecule has 2 aliphatic heterocycles. The van der Waals surface area contributed by atoms with Gasteiger partial charge < -0.3 is 4.90 Å². The molecule has 0 radical (unpaired) electrons. The SMILES string of the molecule is O=S1(=O)C[C@H](N2CCN(c3cccc(Cl)c3)CC2)[C@@H](S(=O)(=O)c2ccccc2)C1. The van der Waals surface area contributed by atoms with Crippen molar-refractivity contribution in [2.45, 2.75) is 16.2 Å². The maximum atomic E-state index is 13.2. The zero-order chi connectivity index (χ0) is 20.6. The van der Waals surface area contributed by atoms with Crippen molar-refractivity contribution in [3.8, 4) is 0 Å². The summed E-state index contributed by atoms with van der Waals surface area (Å²) >= 11 is 6.08. The van der Waals surface area contributed by atoms with Gasteiger partial charge in [-0.2, -0.15) is 0 Å². The lowest BCUT2D eigenvalue weighted by Gasteiger charge is -2.40. The third kappa shape index (κ3) is 4.30. The molecule has 6 nitrogen and oxygen atoms in total. The molecule has 2 aromatic rings. The number of rotatable bonds is 4. The Hall–Kier alpha value is -1.61. The molecule has 4 rings (SSSR count). The number of anilines is 1. The van der Waals surface area contributed by atoms with Gasteiger partial charge in [0.15, 0.2) is 19.7 Å². The van der Waals surface area contributed by atoms with E-state index in [1.165, 1.54) is 12.1 Å². The standard InChI is InChI=1S/C20H23ClN2O4S2/c21-16-5-4-6-17(13-16)22-9-11-23(12-10-22)19-14-28(24,25)15-20(19)29(26,27)18-7-2-1-3-8-18/h1-8,13,19-20H,9-12,14-15H2/t19-,20-/m0/s1. The average molecular weight is 455 g/mol. The second kappa shape index (κ2) is 7.91. The second-order valence-corrected chi connectivity index (χ2v) is 12.3. The van der Waals surface area contributed by atoms with E-state index < -0.39 is 31.0 Å². The topological polar surface area (TPSA) is 74.8 Å². The summed E-state index contributed by atoms with van der Waals surface area (Å²) in [7, 11) is -7.14. The van der Waals surface area contributed by atoms with E-state index in [9.17, 15) is 16.8 Å². The van der Waals surface area contributed by atoms with Gasteiger partial charge in [-0.1, -0.05) is 35.9 Å². The minimum Gasteiger partial charge on any atom is -0.369 e. The summed E-state index contributed by atoms with van der Waals surface area (Å²) < 4.78 is 51.1. The molecule has 2 fully saturated rings. The molecule has 29 heavy (non-hydrogen) atoms. The molecular weight excluding hydrogens is 432 g/mol. The first-order valence-electron chi connectivity index (χ1n) is 9.50. The fourth-order valence-electron chi connectivity index (χ4n) is 4.20. The molecule has 156 valence electrons. The molecule has 0 saturated carbocycles. The highest BCUT2D eigenvalue weighted by atomic mass is 35.5. The first-order valence-corrected chi connectivity index (χ1v) is 13.2. The van der Waals surface area contributed by atoms with Crippen LogP contribution in [0.1, 0.15) is 0 Å². The van der Waals surface area contributed by atoms with Crippen LogP contribution < -0.4 is 4.90 Å². The maximum absolute atomic E-state index is 13.2. The van der Waals surface area contributed by atoms with Crippen molar-refractivity contribution in [3.05, 3.63) is 59.6 Å². The first kappa shape index (κ1) is 20.7. The van der Waals surface area contributed by atoms with Gasteiger partial charge in [0.25, 0.3) is 0 Å². The number of piperazine rings is 1. The predicted octanol–water partition coefficient (Wildman–Crippen LogP) is 2.10. The third-order valence-electron chi connectivity index (χ3n) is 5.70. The van der Waals surface area contributed by atoms with Crippen LogP contribution in [0.15, 0.2) is 59.5 Å². The molecular formula is C20H23ClN2O4S2. The Morgan fingerprint density at radius 2 is 1.59 bits per heavy atom.